The van der Waals surface area contributed by atoms with Crippen LogP contribution >= 0.6 is 0 Å². The Morgan fingerprint density at radius 1 is 1.50 bits per heavy atom. The number of aromatic amines is 1. The van der Waals surface area contributed by atoms with Gasteiger partial charge in [0.15, 0.2) is 0 Å². The van der Waals surface area contributed by atoms with Crippen LogP contribution in [0.2, 0.25) is 0 Å². The Morgan fingerprint density at radius 3 is 2.75 bits per heavy atom. The van der Waals surface area contributed by atoms with Crippen molar-refractivity contribution in [3.63, 3.8) is 0 Å². The Balaban J connectivity index is 2.58. The summed E-state index contributed by atoms with van der Waals surface area (Å²) in [6.45, 7) is 3.99. The molecule has 0 saturated carbocycles. The lowest BCUT2D eigenvalue weighted by Crippen LogP contribution is -2.33. The number of carbonyl (C=O) groups excluding carboxylic acids is 1. The molecule has 0 atom stereocenters. The third-order valence-corrected chi connectivity index (χ3v) is 1.93. The van der Waals surface area contributed by atoms with Gasteiger partial charge in [-0.25, -0.2) is 4.79 Å². The summed E-state index contributed by atoms with van der Waals surface area (Å²) in [7, 11) is 0. The summed E-state index contributed by atoms with van der Waals surface area (Å²) in [6.07, 6.45) is 1.59. The van der Waals surface area contributed by atoms with Crippen LogP contribution in [-0.2, 0) is 11.3 Å². The van der Waals surface area contributed by atoms with E-state index < -0.39 is 11.2 Å². The molecule has 6 heteroatoms. The van der Waals surface area contributed by atoms with E-state index in [-0.39, 0.29) is 24.9 Å². The molecule has 1 rings (SSSR count). The molecule has 0 aliphatic heterocycles. The number of H-pyrrole nitrogens is 1. The van der Waals surface area contributed by atoms with Gasteiger partial charge in [-0.3, -0.25) is 14.6 Å². The molecule has 0 spiro atoms. The highest BCUT2D eigenvalue weighted by Gasteiger charge is 2.04. The van der Waals surface area contributed by atoms with Gasteiger partial charge in [-0.15, -0.1) is 0 Å². The molecule has 0 bridgehead atoms. The fourth-order valence-corrected chi connectivity index (χ4v) is 1.24. The first-order valence-corrected chi connectivity index (χ1v) is 5.08. The van der Waals surface area contributed by atoms with E-state index in [1.54, 1.807) is 0 Å². The van der Waals surface area contributed by atoms with Crippen LogP contribution in [0.15, 0.2) is 21.9 Å². The van der Waals surface area contributed by atoms with Gasteiger partial charge in [-0.05, 0) is 13.8 Å². The van der Waals surface area contributed by atoms with Gasteiger partial charge in [-0.2, -0.15) is 0 Å². The average Bonchev–Trinajstić information content (AvgIpc) is 2.15. The van der Waals surface area contributed by atoms with Gasteiger partial charge in [0.25, 0.3) is 5.56 Å². The molecular weight excluding hydrogens is 210 g/mol. The van der Waals surface area contributed by atoms with E-state index >= 15 is 0 Å². The van der Waals surface area contributed by atoms with Gasteiger partial charge in [0, 0.05) is 31.3 Å². The summed E-state index contributed by atoms with van der Waals surface area (Å²) in [5, 5.41) is 2.72. The number of hydrogen-bond acceptors (Lipinski definition) is 3. The summed E-state index contributed by atoms with van der Waals surface area (Å²) in [6, 6.07) is 1.33. The number of nitrogens with one attached hydrogen (secondary N) is 2. The average molecular weight is 225 g/mol. The van der Waals surface area contributed by atoms with Crippen LogP contribution in [0.4, 0.5) is 0 Å². The smallest absolute Gasteiger partial charge is 0.328 e. The number of aryl methyl sites for hydroxylation is 1. The van der Waals surface area contributed by atoms with E-state index in [4.69, 9.17) is 0 Å². The summed E-state index contributed by atoms with van der Waals surface area (Å²) in [5.41, 5.74) is -0.933. The quantitative estimate of drug-likeness (QED) is 0.721. The minimum absolute atomic E-state index is 0.0832. The molecule has 1 aromatic heterocycles. The molecule has 0 aliphatic rings. The number of carbonyl (C=O) groups is 1. The van der Waals surface area contributed by atoms with E-state index in [1.807, 2.05) is 13.8 Å². The molecule has 6 nitrogen and oxygen atoms in total. The first-order chi connectivity index (χ1) is 7.49. The Bertz CT molecular complexity index is 473. The second kappa shape index (κ2) is 5.29. The highest BCUT2D eigenvalue weighted by atomic mass is 16.2. The van der Waals surface area contributed by atoms with Crippen LogP contribution in [0.25, 0.3) is 0 Å². The normalized spacial score (nSPS) is 10.4. The zero-order chi connectivity index (χ0) is 12.1. The van der Waals surface area contributed by atoms with Crippen LogP contribution in [0.5, 0.6) is 0 Å². The van der Waals surface area contributed by atoms with E-state index in [0.717, 1.165) is 0 Å². The topological polar surface area (TPSA) is 84.0 Å². The largest absolute Gasteiger partial charge is 0.354 e. The molecule has 1 amide bonds. The SMILES string of the molecule is CC(C)NC(=O)CCn1ccc(=O)[nH]c1=O. The van der Waals surface area contributed by atoms with Crippen LogP contribution in [0.3, 0.4) is 0 Å². The Labute approximate surface area is 92.3 Å². The third-order valence-electron chi connectivity index (χ3n) is 1.93. The van der Waals surface area contributed by atoms with Crippen LogP contribution in [-0.4, -0.2) is 21.5 Å². The zero-order valence-corrected chi connectivity index (χ0v) is 9.32. The molecular formula is C10H15N3O3. The number of hydrogen-bond donors (Lipinski definition) is 2. The highest BCUT2D eigenvalue weighted by Crippen LogP contribution is 1.87. The van der Waals surface area contributed by atoms with Crippen LogP contribution < -0.4 is 16.6 Å². The molecule has 0 unspecified atom stereocenters. The van der Waals surface area contributed by atoms with Gasteiger partial charge >= 0.3 is 5.69 Å². The molecule has 0 radical (unpaired) electrons. The van der Waals surface area contributed by atoms with Crippen molar-refractivity contribution in [3.8, 4) is 0 Å². The Hall–Kier alpha value is -1.85. The third kappa shape index (κ3) is 3.72. The number of aromatic nitrogens is 2. The summed E-state index contributed by atoms with van der Waals surface area (Å²) in [4.78, 5) is 35.5. The van der Waals surface area contributed by atoms with Gasteiger partial charge in [-0.1, -0.05) is 0 Å². The maximum Gasteiger partial charge on any atom is 0.328 e. The predicted octanol–water partition coefficient (Wildman–Crippen LogP) is -0.549. The highest BCUT2D eigenvalue weighted by molar-refractivity contribution is 5.76. The van der Waals surface area contributed by atoms with Crippen molar-refractivity contribution >= 4 is 5.91 Å². The number of rotatable bonds is 4. The predicted molar refractivity (Wildman–Crippen MR) is 59.2 cm³/mol. The van der Waals surface area contributed by atoms with Crippen LogP contribution in [0, 0.1) is 0 Å². The first kappa shape index (κ1) is 12.2. The minimum atomic E-state index is -0.496. The fraction of sp³-hybridized carbons (Fsp3) is 0.500. The molecule has 0 saturated heterocycles. The van der Waals surface area contributed by atoms with Gasteiger partial charge in [0.2, 0.25) is 5.91 Å². The maximum atomic E-state index is 11.3. The number of amides is 1. The maximum absolute atomic E-state index is 11.3. The van der Waals surface area contributed by atoms with Gasteiger partial charge in [0.1, 0.15) is 0 Å². The van der Waals surface area contributed by atoms with Crippen molar-refractivity contribution in [1.29, 1.82) is 0 Å². The van der Waals surface area contributed by atoms with E-state index in [1.165, 1.54) is 16.8 Å². The summed E-state index contributed by atoms with van der Waals surface area (Å²) in [5.74, 6) is -0.117. The van der Waals surface area contributed by atoms with Gasteiger partial charge < -0.3 is 9.88 Å². The van der Waals surface area contributed by atoms with Crippen molar-refractivity contribution in [2.45, 2.75) is 32.9 Å². The van der Waals surface area contributed by atoms with E-state index in [9.17, 15) is 14.4 Å². The van der Waals surface area contributed by atoms with Crippen molar-refractivity contribution in [3.05, 3.63) is 33.1 Å². The van der Waals surface area contributed by atoms with Crippen molar-refractivity contribution in [1.82, 2.24) is 14.9 Å². The van der Waals surface area contributed by atoms with Gasteiger partial charge in [0.05, 0.1) is 0 Å². The summed E-state index contributed by atoms with van der Waals surface area (Å²) < 4.78 is 1.29. The van der Waals surface area contributed by atoms with Crippen molar-refractivity contribution < 1.29 is 4.79 Å². The summed E-state index contributed by atoms with van der Waals surface area (Å²) >= 11 is 0. The monoisotopic (exact) mass is 225 g/mol. The molecule has 0 aromatic carbocycles. The second-order valence-corrected chi connectivity index (χ2v) is 3.78. The van der Waals surface area contributed by atoms with E-state index in [2.05, 4.69) is 10.3 Å². The molecule has 1 heterocycles. The fourth-order valence-electron chi connectivity index (χ4n) is 1.24. The molecule has 0 aliphatic carbocycles. The van der Waals surface area contributed by atoms with E-state index in [0.29, 0.717) is 0 Å². The molecule has 16 heavy (non-hydrogen) atoms. The van der Waals surface area contributed by atoms with Crippen LogP contribution in [0.1, 0.15) is 20.3 Å². The number of nitrogens with zero attached hydrogens (tertiary/aromatic N) is 1. The Morgan fingerprint density at radius 2 is 2.19 bits per heavy atom. The molecule has 0 fully saturated rings. The zero-order valence-electron chi connectivity index (χ0n) is 9.32. The second-order valence-electron chi connectivity index (χ2n) is 3.78. The Kier molecular flexibility index (Phi) is 4.04. The van der Waals surface area contributed by atoms with Crippen molar-refractivity contribution in [2.24, 2.45) is 0 Å². The lowest BCUT2D eigenvalue weighted by Gasteiger charge is -2.08. The standard InChI is InChI=1S/C10H15N3O3/c1-7(2)11-8(14)3-5-13-6-4-9(15)12-10(13)16/h4,6-7H,3,5H2,1-2H3,(H,11,14)(H,12,15,16). The lowest BCUT2D eigenvalue weighted by molar-refractivity contribution is -0.121. The van der Waals surface area contributed by atoms with Crippen molar-refractivity contribution in [2.75, 3.05) is 0 Å². The lowest BCUT2D eigenvalue weighted by atomic mass is 10.3. The first-order valence-electron chi connectivity index (χ1n) is 5.08. The minimum Gasteiger partial charge on any atom is -0.354 e. The molecule has 88 valence electrons. The molecule has 1 aromatic rings. The molecule has 2 N–H and O–H groups in total.